The third-order valence-electron chi connectivity index (χ3n) is 6.80. The maximum Gasteiger partial charge on any atom is 0.477 e. The smallest absolute Gasteiger partial charge is 0.477 e. The Morgan fingerprint density at radius 2 is 1.38 bits per heavy atom. The van der Waals surface area contributed by atoms with Crippen molar-refractivity contribution in [2.75, 3.05) is 6.61 Å². The molecule has 1 aliphatic rings. The number of hydrogen-bond acceptors (Lipinski definition) is 9. The Kier molecular flexibility index (Phi) is 12.8. The molecule has 0 aliphatic carbocycles. The van der Waals surface area contributed by atoms with Gasteiger partial charge in [-0.05, 0) is 23.6 Å². The van der Waals surface area contributed by atoms with E-state index in [-0.39, 0.29) is 26.4 Å². The van der Waals surface area contributed by atoms with E-state index in [1.165, 1.54) is 13.8 Å². The Labute approximate surface area is 261 Å². The summed E-state index contributed by atoms with van der Waals surface area (Å²) in [5.41, 5.74) is 2.16. The van der Waals surface area contributed by atoms with Crippen molar-refractivity contribution in [3.05, 3.63) is 108 Å². The second-order valence-electron chi connectivity index (χ2n) is 10.4. The fourth-order valence-corrected chi connectivity index (χ4v) is 5.75. The van der Waals surface area contributed by atoms with Gasteiger partial charge in [-0.3, -0.25) is 18.4 Å². The van der Waals surface area contributed by atoms with Gasteiger partial charge in [0, 0.05) is 6.92 Å². The van der Waals surface area contributed by atoms with E-state index in [4.69, 9.17) is 27.8 Å². The normalized spacial score (nSPS) is 22.4. The van der Waals surface area contributed by atoms with Crippen LogP contribution in [0.25, 0.3) is 0 Å². The fourth-order valence-electron chi connectivity index (χ4n) is 4.50. The standard InChI is InChI=1S/C32H37FNO10P/c1-22(31(36)37)42-30-28(33)27(21-39-18-24-12-6-3-7-13-24)43-32(29(30)34-23(2)35)44-45(38,40-19-25-14-8-4-9-15-25)41-20-26-16-10-5-11-17-26/h3-17,22,27-30,32H,18-21H2,1-2H3,(H,34,35)(H,36,37)/t22-,27-,28-,29-,30+,32-/m1/s1. The van der Waals surface area contributed by atoms with Crippen molar-refractivity contribution in [1.29, 1.82) is 0 Å². The maximum absolute atomic E-state index is 16.0. The lowest BCUT2D eigenvalue weighted by Crippen LogP contribution is -2.64. The van der Waals surface area contributed by atoms with E-state index in [9.17, 15) is 19.3 Å². The SMILES string of the molecule is CC(=O)N[C@H]1[C@@H](OP(=O)(OCc2ccccc2)OCc2ccccc2)O[C@H](COCc2ccccc2)[C@@H](F)[C@@H]1O[C@H](C)C(=O)O. The zero-order valence-electron chi connectivity index (χ0n) is 24.9. The molecule has 0 radical (unpaired) electrons. The summed E-state index contributed by atoms with van der Waals surface area (Å²) < 4.78 is 64.8. The summed E-state index contributed by atoms with van der Waals surface area (Å²) in [6.45, 7) is 1.89. The highest BCUT2D eigenvalue weighted by Crippen LogP contribution is 2.53. The minimum Gasteiger partial charge on any atom is -0.479 e. The molecule has 242 valence electrons. The van der Waals surface area contributed by atoms with Crippen LogP contribution in [0.4, 0.5) is 4.39 Å². The zero-order valence-corrected chi connectivity index (χ0v) is 25.8. The van der Waals surface area contributed by atoms with Gasteiger partial charge in [0.15, 0.2) is 18.6 Å². The molecule has 1 fully saturated rings. The molecule has 45 heavy (non-hydrogen) atoms. The quantitative estimate of drug-likeness (QED) is 0.200. The summed E-state index contributed by atoms with van der Waals surface area (Å²) in [5, 5.41) is 12.0. The highest BCUT2D eigenvalue weighted by Gasteiger charge is 2.52. The van der Waals surface area contributed by atoms with E-state index >= 15 is 4.39 Å². The van der Waals surface area contributed by atoms with Crippen molar-refractivity contribution >= 4 is 19.7 Å². The Morgan fingerprint density at radius 3 is 1.84 bits per heavy atom. The summed E-state index contributed by atoms with van der Waals surface area (Å²) in [5.74, 6) is -1.97. The van der Waals surface area contributed by atoms with E-state index < -0.39 is 56.5 Å². The van der Waals surface area contributed by atoms with E-state index in [1.807, 2.05) is 42.5 Å². The topological polar surface area (TPSA) is 139 Å². The number of carboxylic acid groups (broad SMARTS) is 1. The largest absolute Gasteiger partial charge is 0.479 e. The number of phosphoric ester groups is 1. The van der Waals surface area contributed by atoms with Crippen LogP contribution in [0.5, 0.6) is 0 Å². The van der Waals surface area contributed by atoms with Gasteiger partial charge in [-0.1, -0.05) is 91.0 Å². The number of ether oxygens (including phenoxy) is 3. The van der Waals surface area contributed by atoms with E-state index in [1.54, 1.807) is 48.5 Å². The molecule has 1 heterocycles. The minimum atomic E-state index is -4.51. The third-order valence-corrected chi connectivity index (χ3v) is 8.15. The highest BCUT2D eigenvalue weighted by atomic mass is 31.2. The molecule has 0 saturated carbocycles. The van der Waals surface area contributed by atoms with Crippen molar-refractivity contribution < 1.29 is 51.4 Å². The summed E-state index contributed by atoms with van der Waals surface area (Å²) in [6.07, 6.45) is -8.07. The van der Waals surface area contributed by atoms with Gasteiger partial charge in [0.1, 0.15) is 18.2 Å². The number of benzene rings is 3. The van der Waals surface area contributed by atoms with Crippen LogP contribution in [0.2, 0.25) is 0 Å². The molecular formula is C32H37FNO10P. The van der Waals surface area contributed by atoms with E-state index in [0.717, 1.165) is 5.56 Å². The third kappa shape index (κ3) is 10.5. The van der Waals surface area contributed by atoms with Crippen LogP contribution in [-0.2, 0) is 61.8 Å². The lowest BCUT2D eigenvalue weighted by molar-refractivity contribution is -0.253. The first kappa shape index (κ1) is 34.4. The van der Waals surface area contributed by atoms with Crippen LogP contribution >= 0.6 is 7.82 Å². The van der Waals surface area contributed by atoms with Gasteiger partial charge in [-0.15, -0.1) is 0 Å². The molecule has 0 bridgehead atoms. The number of phosphoric acid groups is 1. The van der Waals surface area contributed by atoms with Gasteiger partial charge in [0.25, 0.3) is 0 Å². The number of carbonyl (C=O) groups is 2. The number of rotatable bonds is 16. The summed E-state index contributed by atoms with van der Waals surface area (Å²) >= 11 is 0. The fraction of sp³-hybridized carbons (Fsp3) is 0.375. The lowest BCUT2D eigenvalue weighted by Gasteiger charge is -2.44. The second-order valence-corrected chi connectivity index (χ2v) is 12.0. The molecule has 0 unspecified atom stereocenters. The van der Waals surface area contributed by atoms with Crippen LogP contribution in [0.3, 0.4) is 0 Å². The van der Waals surface area contributed by atoms with Gasteiger partial charge in [-0.25, -0.2) is 13.8 Å². The van der Waals surface area contributed by atoms with Crippen LogP contribution < -0.4 is 5.32 Å². The molecule has 3 aromatic rings. The Hall–Kier alpha value is -3.48. The molecule has 1 saturated heterocycles. The number of alkyl halides is 1. The minimum absolute atomic E-state index is 0.129. The molecule has 4 rings (SSSR count). The highest BCUT2D eigenvalue weighted by molar-refractivity contribution is 7.48. The molecule has 13 heteroatoms. The Morgan fingerprint density at radius 1 is 0.889 bits per heavy atom. The number of hydrogen-bond donors (Lipinski definition) is 2. The van der Waals surface area contributed by atoms with Crippen LogP contribution in [0.15, 0.2) is 91.0 Å². The van der Waals surface area contributed by atoms with Gasteiger partial charge in [0.05, 0.1) is 26.4 Å². The van der Waals surface area contributed by atoms with Crippen molar-refractivity contribution in [2.24, 2.45) is 0 Å². The monoisotopic (exact) mass is 645 g/mol. The predicted octanol–water partition coefficient (Wildman–Crippen LogP) is 5.19. The van der Waals surface area contributed by atoms with Crippen LogP contribution in [-0.4, -0.2) is 60.4 Å². The Bertz CT molecular complexity index is 1350. The van der Waals surface area contributed by atoms with Gasteiger partial charge < -0.3 is 24.6 Å². The van der Waals surface area contributed by atoms with E-state index in [2.05, 4.69) is 5.32 Å². The molecule has 6 atom stereocenters. The summed E-state index contributed by atoms with van der Waals surface area (Å²) in [6, 6.07) is 25.5. The van der Waals surface area contributed by atoms with Crippen molar-refractivity contribution in [3.8, 4) is 0 Å². The van der Waals surface area contributed by atoms with Gasteiger partial charge in [-0.2, -0.15) is 0 Å². The molecule has 11 nitrogen and oxygen atoms in total. The number of aliphatic carboxylic acids is 1. The van der Waals surface area contributed by atoms with Crippen LogP contribution in [0, 0.1) is 0 Å². The van der Waals surface area contributed by atoms with Gasteiger partial charge in [0.2, 0.25) is 5.91 Å². The van der Waals surface area contributed by atoms with Crippen molar-refractivity contribution in [1.82, 2.24) is 5.32 Å². The number of carbonyl (C=O) groups excluding carboxylic acids is 1. The number of amides is 1. The zero-order chi connectivity index (χ0) is 32.2. The number of nitrogens with one attached hydrogen (secondary N) is 1. The van der Waals surface area contributed by atoms with Crippen molar-refractivity contribution in [3.63, 3.8) is 0 Å². The number of halogens is 1. The van der Waals surface area contributed by atoms with Crippen molar-refractivity contribution in [2.45, 2.75) is 70.5 Å². The van der Waals surface area contributed by atoms with E-state index in [0.29, 0.717) is 11.1 Å². The number of carboxylic acids is 1. The lowest BCUT2D eigenvalue weighted by atomic mass is 9.97. The maximum atomic E-state index is 16.0. The molecule has 0 spiro atoms. The molecule has 1 aliphatic heterocycles. The first-order valence-electron chi connectivity index (χ1n) is 14.4. The Balaban J connectivity index is 1.61. The summed E-state index contributed by atoms with van der Waals surface area (Å²) in [7, 11) is -4.51. The second kappa shape index (κ2) is 16.7. The molecule has 3 aromatic carbocycles. The average molecular weight is 646 g/mol. The average Bonchev–Trinajstić information content (AvgIpc) is 3.04. The molecule has 2 N–H and O–H groups in total. The summed E-state index contributed by atoms with van der Waals surface area (Å²) in [4.78, 5) is 23.9. The molecule has 1 amide bonds. The molecular weight excluding hydrogens is 608 g/mol. The first-order valence-corrected chi connectivity index (χ1v) is 15.8. The van der Waals surface area contributed by atoms with Crippen LogP contribution in [0.1, 0.15) is 30.5 Å². The predicted molar refractivity (Wildman–Crippen MR) is 160 cm³/mol. The van der Waals surface area contributed by atoms with Gasteiger partial charge >= 0.3 is 13.8 Å². The first-order chi connectivity index (χ1) is 21.6. The molecule has 0 aromatic heterocycles.